The van der Waals surface area contributed by atoms with Crippen molar-refractivity contribution in [3.05, 3.63) is 12.7 Å². The number of aliphatic hydroxyl groups is 1. The van der Waals surface area contributed by atoms with Gasteiger partial charge < -0.3 is 9.84 Å². The molecule has 0 amide bonds. The van der Waals surface area contributed by atoms with E-state index in [-0.39, 0.29) is 5.97 Å². The van der Waals surface area contributed by atoms with E-state index < -0.39 is 0 Å². The summed E-state index contributed by atoms with van der Waals surface area (Å²) in [5, 5.41) is 9.41. The van der Waals surface area contributed by atoms with E-state index in [1.54, 1.807) is 0 Å². The lowest BCUT2D eigenvalue weighted by Crippen LogP contribution is -2.52. The lowest BCUT2D eigenvalue weighted by atomic mass is 9.43. The van der Waals surface area contributed by atoms with Crippen LogP contribution >= 0.6 is 0 Å². The van der Waals surface area contributed by atoms with Crippen molar-refractivity contribution in [1.82, 2.24) is 0 Å². The van der Waals surface area contributed by atoms with E-state index in [1.165, 1.54) is 44.6 Å². The van der Waals surface area contributed by atoms with Crippen LogP contribution < -0.4 is 0 Å². The Kier molecular flexibility index (Phi) is 3.65. The molecule has 4 fully saturated rings. The second kappa shape index (κ2) is 5.18. The van der Waals surface area contributed by atoms with Gasteiger partial charge in [-0.3, -0.25) is 0 Å². The number of carbonyl (C=O) groups excluding carboxylic acids is 1. The Balaban J connectivity index is 1.67. The van der Waals surface area contributed by atoms with Crippen molar-refractivity contribution in [2.75, 3.05) is 13.2 Å². The first kappa shape index (κ1) is 14.1. The maximum absolute atomic E-state index is 11.2. The molecule has 2 atom stereocenters. The van der Waals surface area contributed by atoms with Crippen molar-refractivity contribution >= 4 is 5.97 Å². The summed E-state index contributed by atoms with van der Waals surface area (Å²) in [6.07, 6.45) is 11.1. The minimum absolute atomic E-state index is 0.306. The minimum Gasteiger partial charge on any atom is -0.463 e. The summed E-state index contributed by atoms with van der Waals surface area (Å²) in [4.78, 5) is 11.2. The zero-order valence-corrected chi connectivity index (χ0v) is 12.3. The van der Waals surface area contributed by atoms with Crippen molar-refractivity contribution in [3.63, 3.8) is 0 Å². The number of rotatable bonds is 6. The average Bonchev–Trinajstić information content (AvgIpc) is 2.36. The van der Waals surface area contributed by atoms with Gasteiger partial charge in [0.1, 0.15) is 0 Å². The van der Waals surface area contributed by atoms with Gasteiger partial charge in [0, 0.05) is 12.7 Å². The third-order valence-corrected chi connectivity index (χ3v) is 5.99. The maximum atomic E-state index is 11.2. The van der Waals surface area contributed by atoms with Gasteiger partial charge in [0.25, 0.3) is 0 Å². The molecule has 0 aromatic rings. The molecule has 4 aliphatic carbocycles. The van der Waals surface area contributed by atoms with Gasteiger partial charge in [0.05, 0.1) is 6.61 Å². The molecule has 112 valence electrons. The van der Waals surface area contributed by atoms with E-state index in [9.17, 15) is 9.90 Å². The molecule has 1 N–H and O–H groups in total. The third kappa shape index (κ3) is 2.52. The van der Waals surface area contributed by atoms with Gasteiger partial charge in [-0.2, -0.15) is 0 Å². The largest absolute Gasteiger partial charge is 0.463 e. The minimum atomic E-state index is -0.306. The molecule has 3 nitrogen and oxygen atoms in total. The molecule has 3 heteroatoms. The van der Waals surface area contributed by atoms with E-state index in [0.29, 0.717) is 24.0 Å². The van der Waals surface area contributed by atoms with E-state index in [1.807, 2.05) is 0 Å². The van der Waals surface area contributed by atoms with Crippen molar-refractivity contribution < 1.29 is 14.6 Å². The first-order valence-electron chi connectivity index (χ1n) is 7.99. The fourth-order valence-electron chi connectivity index (χ4n) is 5.90. The highest BCUT2D eigenvalue weighted by Crippen LogP contribution is 2.67. The van der Waals surface area contributed by atoms with Crippen molar-refractivity contribution in [3.8, 4) is 0 Å². The fourth-order valence-corrected chi connectivity index (χ4v) is 5.90. The quantitative estimate of drug-likeness (QED) is 0.600. The van der Waals surface area contributed by atoms with Crippen LogP contribution in [-0.2, 0) is 9.53 Å². The molecule has 4 rings (SSSR count). The standard InChI is InChI=1S/C17H26O3/c1-2-15(19)20-6-4-17-10-13-7-14(11-17)9-16(8-13,12-17)3-5-18/h2,13-14,18H,1,3-12H2. The van der Waals surface area contributed by atoms with E-state index in [4.69, 9.17) is 4.74 Å². The Labute approximate surface area is 121 Å². The van der Waals surface area contributed by atoms with Gasteiger partial charge in [-0.1, -0.05) is 6.58 Å². The van der Waals surface area contributed by atoms with E-state index >= 15 is 0 Å². The predicted molar refractivity (Wildman–Crippen MR) is 77.0 cm³/mol. The lowest BCUT2D eigenvalue weighted by Gasteiger charge is -2.62. The molecule has 0 aromatic heterocycles. The molecule has 0 aliphatic heterocycles. The highest BCUT2D eigenvalue weighted by Gasteiger charge is 2.56. The average molecular weight is 278 g/mol. The third-order valence-electron chi connectivity index (χ3n) is 5.99. The molecule has 0 aromatic carbocycles. The zero-order chi connectivity index (χ0) is 14.2. The first-order chi connectivity index (χ1) is 9.59. The summed E-state index contributed by atoms with van der Waals surface area (Å²) < 4.78 is 5.22. The molecular weight excluding hydrogens is 252 g/mol. The monoisotopic (exact) mass is 278 g/mol. The maximum Gasteiger partial charge on any atom is 0.330 e. The first-order valence-corrected chi connectivity index (χ1v) is 7.99. The van der Waals surface area contributed by atoms with Crippen LogP contribution in [0.25, 0.3) is 0 Å². The molecule has 0 radical (unpaired) electrons. The van der Waals surface area contributed by atoms with Gasteiger partial charge in [0.15, 0.2) is 0 Å². The van der Waals surface area contributed by atoms with E-state index in [0.717, 1.165) is 24.7 Å². The van der Waals surface area contributed by atoms with Crippen LogP contribution in [0.2, 0.25) is 0 Å². The van der Waals surface area contributed by atoms with Crippen LogP contribution in [0.1, 0.15) is 51.4 Å². The Hall–Kier alpha value is -0.830. The topological polar surface area (TPSA) is 46.5 Å². The Morgan fingerprint density at radius 2 is 1.80 bits per heavy atom. The van der Waals surface area contributed by atoms with Crippen LogP contribution in [0.5, 0.6) is 0 Å². The van der Waals surface area contributed by atoms with Crippen molar-refractivity contribution in [1.29, 1.82) is 0 Å². The summed E-state index contributed by atoms with van der Waals surface area (Å²) in [5.74, 6) is 1.38. The van der Waals surface area contributed by atoms with Gasteiger partial charge in [-0.05, 0) is 74.0 Å². The van der Waals surface area contributed by atoms with E-state index in [2.05, 4.69) is 6.58 Å². The number of esters is 1. The molecule has 4 saturated carbocycles. The van der Waals surface area contributed by atoms with Gasteiger partial charge in [0.2, 0.25) is 0 Å². The summed E-state index contributed by atoms with van der Waals surface area (Å²) in [6, 6.07) is 0. The molecule has 0 saturated heterocycles. The van der Waals surface area contributed by atoms with Crippen LogP contribution in [0.4, 0.5) is 0 Å². The van der Waals surface area contributed by atoms with Crippen LogP contribution in [-0.4, -0.2) is 24.3 Å². The summed E-state index contributed by atoms with van der Waals surface area (Å²) in [7, 11) is 0. The SMILES string of the molecule is C=CC(=O)OCCC12CC3CC(CC(CCO)(C3)C1)C2. The highest BCUT2D eigenvalue weighted by molar-refractivity contribution is 5.81. The number of carbonyl (C=O) groups is 1. The molecular formula is C17H26O3. The normalized spacial score (nSPS) is 41.6. The number of aliphatic hydroxyl groups excluding tert-OH is 1. The lowest BCUT2D eigenvalue weighted by molar-refractivity contribution is -0.145. The molecule has 0 heterocycles. The number of hydrogen-bond acceptors (Lipinski definition) is 3. The smallest absolute Gasteiger partial charge is 0.330 e. The molecule has 0 spiro atoms. The van der Waals surface area contributed by atoms with Gasteiger partial charge in [-0.15, -0.1) is 0 Å². The zero-order valence-electron chi connectivity index (χ0n) is 12.3. The Morgan fingerprint density at radius 1 is 1.20 bits per heavy atom. The molecule has 4 bridgehead atoms. The fraction of sp³-hybridized carbons (Fsp3) is 0.824. The summed E-state index contributed by atoms with van der Waals surface area (Å²) in [6.45, 7) is 4.29. The second-order valence-corrected chi connectivity index (χ2v) is 7.56. The highest BCUT2D eigenvalue weighted by atomic mass is 16.5. The summed E-state index contributed by atoms with van der Waals surface area (Å²) in [5.41, 5.74) is 0.766. The van der Waals surface area contributed by atoms with Gasteiger partial charge in [-0.25, -0.2) is 4.79 Å². The second-order valence-electron chi connectivity index (χ2n) is 7.56. The van der Waals surface area contributed by atoms with Crippen LogP contribution in [0.15, 0.2) is 12.7 Å². The number of ether oxygens (including phenoxy) is 1. The molecule has 4 aliphatic rings. The molecule has 20 heavy (non-hydrogen) atoms. The Bertz CT molecular complexity index is 387. The van der Waals surface area contributed by atoms with Crippen molar-refractivity contribution in [2.24, 2.45) is 22.7 Å². The Morgan fingerprint density at radius 3 is 2.35 bits per heavy atom. The van der Waals surface area contributed by atoms with Crippen LogP contribution in [0.3, 0.4) is 0 Å². The molecule has 2 unspecified atom stereocenters. The van der Waals surface area contributed by atoms with Crippen molar-refractivity contribution in [2.45, 2.75) is 51.4 Å². The number of hydrogen-bond donors (Lipinski definition) is 1. The van der Waals surface area contributed by atoms with Crippen LogP contribution in [0, 0.1) is 22.7 Å². The summed E-state index contributed by atoms with van der Waals surface area (Å²) >= 11 is 0. The predicted octanol–water partition coefficient (Wildman–Crippen LogP) is 3.07. The van der Waals surface area contributed by atoms with Gasteiger partial charge >= 0.3 is 5.97 Å².